The summed E-state index contributed by atoms with van der Waals surface area (Å²) in [4.78, 5) is 12.6. The minimum Gasteiger partial charge on any atom is -0.497 e. The zero-order valence-electron chi connectivity index (χ0n) is 14.6. The van der Waals surface area contributed by atoms with E-state index in [1.54, 1.807) is 26.2 Å². The van der Waals surface area contributed by atoms with Crippen molar-refractivity contribution in [1.82, 2.24) is 10.5 Å². The average molecular weight is 354 g/mol. The number of hydrogen-bond donors (Lipinski definition) is 1. The van der Waals surface area contributed by atoms with E-state index < -0.39 is 5.82 Å². The standard InChI is InChI=1S/C20H19FN2O3/c1-13-18(19(26-23-13)15-6-4-7-16(21)12-15)20(24)22-10-9-14-5-3-8-17(11-14)25-2/h3-8,11-12H,9-10H2,1-2H3,(H,22,24). The summed E-state index contributed by atoms with van der Waals surface area (Å²) in [6.45, 7) is 2.13. The molecule has 3 rings (SSSR count). The van der Waals surface area contributed by atoms with Gasteiger partial charge in [-0.25, -0.2) is 4.39 Å². The van der Waals surface area contributed by atoms with Crippen LogP contribution in [0.2, 0.25) is 0 Å². The molecule has 1 amide bonds. The normalized spacial score (nSPS) is 10.6. The Kier molecular flexibility index (Phi) is 5.31. The molecule has 1 aromatic heterocycles. The molecule has 0 saturated heterocycles. The lowest BCUT2D eigenvalue weighted by atomic mass is 10.1. The van der Waals surface area contributed by atoms with Crippen LogP contribution < -0.4 is 10.1 Å². The molecular formula is C20H19FN2O3. The maximum atomic E-state index is 13.5. The molecule has 5 nitrogen and oxygen atoms in total. The zero-order valence-corrected chi connectivity index (χ0v) is 14.6. The molecule has 0 bridgehead atoms. The number of rotatable bonds is 6. The van der Waals surface area contributed by atoms with Gasteiger partial charge < -0.3 is 14.6 Å². The lowest BCUT2D eigenvalue weighted by Crippen LogP contribution is -2.26. The van der Waals surface area contributed by atoms with E-state index in [4.69, 9.17) is 9.26 Å². The van der Waals surface area contributed by atoms with Crippen LogP contribution in [0.25, 0.3) is 11.3 Å². The minimum atomic E-state index is -0.402. The molecule has 6 heteroatoms. The second kappa shape index (κ2) is 7.82. The van der Waals surface area contributed by atoms with Crippen molar-refractivity contribution in [2.24, 2.45) is 0 Å². The summed E-state index contributed by atoms with van der Waals surface area (Å²) in [6, 6.07) is 13.6. The number of nitrogens with zero attached hydrogens (tertiary/aromatic N) is 1. The molecule has 1 heterocycles. The van der Waals surface area contributed by atoms with Crippen molar-refractivity contribution in [3.8, 4) is 17.1 Å². The smallest absolute Gasteiger partial charge is 0.257 e. The minimum absolute atomic E-state index is 0.265. The van der Waals surface area contributed by atoms with E-state index >= 15 is 0 Å². The number of nitrogens with one attached hydrogen (secondary N) is 1. The SMILES string of the molecule is COc1cccc(CCNC(=O)c2c(C)noc2-c2cccc(F)c2)c1. The number of methoxy groups -OCH3 is 1. The summed E-state index contributed by atoms with van der Waals surface area (Å²) >= 11 is 0. The monoisotopic (exact) mass is 354 g/mol. The highest BCUT2D eigenvalue weighted by molar-refractivity contribution is 6.00. The molecule has 0 saturated carbocycles. The highest BCUT2D eigenvalue weighted by Crippen LogP contribution is 2.26. The number of aromatic nitrogens is 1. The van der Waals surface area contributed by atoms with E-state index in [1.807, 2.05) is 24.3 Å². The van der Waals surface area contributed by atoms with Gasteiger partial charge in [0.2, 0.25) is 0 Å². The molecule has 3 aromatic rings. The number of carbonyl (C=O) groups is 1. The number of amides is 1. The Balaban J connectivity index is 1.71. The van der Waals surface area contributed by atoms with Gasteiger partial charge in [0.25, 0.3) is 5.91 Å². The summed E-state index contributed by atoms with van der Waals surface area (Å²) in [6.07, 6.45) is 0.655. The van der Waals surface area contributed by atoms with Crippen molar-refractivity contribution in [2.45, 2.75) is 13.3 Å². The van der Waals surface area contributed by atoms with Crippen molar-refractivity contribution >= 4 is 5.91 Å². The van der Waals surface area contributed by atoms with Crippen LogP contribution in [0.5, 0.6) is 5.75 Å². The predicted molar refractivity (Wildman–Crippen MR) is 95.7 cm³/mol. The highest BCUT2D eigenvalue weighted by Gasteiger charge is 2.21. The van der Waals surface area contributed by atoms with E-state index in [-0.39, 0.29) is 11.7 Å². The molecule has 26 heavy (non-hydrogen) atoms. The van der Waals surface area contributed by atoms with Gasteiger partial charge in [-0.3, -0.25) is 4.79 Å². The van der Waals surface area contributed by atoms with Crippen molar-refractivity contribution < 1.29 is 18.4 Å². The number of halogens is 1. The van der Waals surface area contributed by atoms with Crippen LogP contribution in [0, 0.1) is 12.7 Å². The van der Waals surface area contributed by atoms with Gasteiger partial charge in [-0.15, -0.1) is 0 Å². The third kappa shape index (κ3) is 3.91. The molecule has 0 aliphatic rings. The Morgan fingerprint density at radius 3 is 2.81 bits per heavy atom. The van der Waals surface area contributed by atoms with Crippen molar-refractivity contribution in [3.05, 3.63) is 71.2 Å². The third-order valence-electron chi connectivity index (χ3n) is 4.01. The first-order chi connectivity index (χ1) is 12.6. The van der Waals surface area contributed by atoms with Gasteiger partial charge in [0.1, 0.15) is 17.1 Å². The van der Waals surface area contributed by atoms with Crippen LogP contribution in [-0.4, -0.2) is 24.7 Å². The van der Waals surface area contributed by atoms with E-state index in [2.05, 4.69) is 10.5 Å². The molecule has 0 radical (unpaired) electrons. The number of hydrogen-bond acceptors (Lipinski definition) is 4. The molecule has 134 valence electrons. The average Bonchev–Trinajstić information content (AvgIpc) is 3.03. The largest absolute Gasteiger partial charge is 0.497 e. The number of ether oxygens (including phenoxy) is 1. The third-order valence-corrected chi connectivity index (χ3v) is 4.01. The van der Waals surface area contributed by atoms with E-state index in [0.29, 0.717) is 29.8 Å². The van der Waals surface area contributed by atoms with Crippen LogP contribution in [0.1, 0.15) is 21.6 Å². The van der Waals surface area contributed by atoms with Gasteiger partial charge >= 0.3 is 0 Å². The Morgan fingerprint density at radius 2 is 2.04 bits per heavy atom. The molecule has 0 aliphatic carbocycles. The number of benzene rings is 2. The van der Waals surface area contributed by atoms with Crippen molar-refractivity contribution in [3.63, 3.8) is 0 Å². The summed E-state index contributed by atoms with van der Waals surface area (Å²) in [7, 11) is 1.61. The first-order valence-corrected chi connectivity index (χ1v) is 8.22. The number of aryl methyl sites for hydroxylation is 1. The van der Waals surface area contributed by atoms with Gasteiger partial charge in [0.05, 0.1) is 12.8 Å². The Morgan fingerprint density at radius 1 is 1.23 bits per heavy atom. The molecule has 0 atom stereocenters. The molecular weight excluding hydrogens is 335 g/mol. The van der Waals surface area contributed by atoms with Gasteiger partial charge in [0, 0.05) is 12.1 Å². The maximum absolute atomic E-state index is 13.5. The van der Waals surface area contributed by atoms with Crippen LogP contribution in [0.3, 0.4) is 0 Å². The summed E-state index contributed by atoms with van der Waals surface area (Å²) in [5.74, 6) is 0.338. The summed E-state index contributed by atoms with van der Waals surface area (Å²) < 4.78 is 23.9. The van der Waals surface area contributed by atoms with E-state index in [1.165, 1.54) is 12.1 Å². The van der Waals surface area contributed by atoms with E-state index in [9.17, 15) is 9.18 Å². The Hall–Kier alpha value is -3.15. The first-order valence-electron chi connectivity index (χ1n) is 8.22. The first kappa shape index (κ1) is 17.7. The fraction of sp³-hybridized carbons (Fsp3) is 0.200. The summed E-state index contributed by atoms with van der Waals surface area (Å²) in [5.41, 5.74) is 2.31. The topological polar surface area (TPSA) is 64.4 Å². The molecule has 2 aromatic carbocycles. The molecule has 0 fully saturated rings. The van der Waals surface area contributed by atoms with Crippen LogP contribution >= 0.6 is 0 Å². The second-order valence-corrected chi connectivity index (χ2v) is 5.84. The molecule has 0 aliphatic heterocycles. The maximum Gasteiger partial charge on any atom is 0.257 e. The van der Waals surface area contributed by atoms with Gasteiger partial charge in [0.15, 0.2) is 5.76 Å². The van der Waals surface area contributed by atoms with Crippen LogP contribution in [0.15, 0.2) is 53.1 Å². The van der Waals surface area contributed by atoms with Crippen LogP contribution in [-0.2, 0) is 6.42 Å². The van der Waals surface area contributed by atoms with Crippen LogP contribution in [0.4, 0.5) is 4.39 Å². The highest BCUT2D eigenvalue weighted by atomic mass is 19.1. The fourth-order valence-electron chi connectivity index (χ4n) is 2.70. The Bertz CT molecular complexity index is 921. The van der Waals surface area contributed by atoms with E-state index in [0.717, 1.165) is 11.3 Å². The van der Waals surface area contributed by atoms with Gasteiger partial charge in [-0.1, -0.05) is 29.4 Å². The fourth-order valence-corrected chi connectivity index (χ4v) is 2.70. The molecule has 0 spiro atoms. The van der Waals surface area contributed by atoms with Gasteiger partial charge in [-0.2, -0.15) is 0 Å². The molecule has 0 unspecified atom stereocenters. The lowest BCUT2D eigenvalue weighted by molar-refractivity contribution is 0.0954. The molecule has 1 N–H and O–H groups in total. The van der Waals surface area contributed by atoms with Crippen molar-refractivity contribution in [1.29, 1.82) is 0 Å². The van der Waals surface area contributed by atoms with Gasteiger partial charge in [-0.05, 0) is 43.2 Å². The predicted octanol–water partition coefficient (Wildman–Crippen LogP) is 3.77. The summed E-state index contributed by atoms with van der Waals surface area (Å²) in [5, 5.41) is 6.72. The second-order valence-electron chi connectivity index (χ2n) is 5.84. The van der Waals surface area contributed by atoms with Crippen molar-refractivity contribution in [2.75, 3.05) is 13.7 Å². The number of carbonyl (C=O) groups excluding carboxylic acids is 1. The zero-order chi connectivity index (χ0) is 18.5. The Labute approximate surface area is 150 Å². The lowest BCUT2D eigenvalue weighted by Gasteiger charge is -2.07. The quantitative estimate of drug-likeness (QED) is 0.732.